The molecule has 0 radical (unpaired) electrons. The Morgan fingerprint density at radius 3 is 2.74 bits per heavy atom. The van der Waals surface area contributed by atoms with Crippen LogP contribution >= 0.6 is 0 Å². The fraction of sp³-hybridized carbons (Fsp3) is 0.647. The molecule has 1 aliphatic heterocycles. The molecule has 0 bridgehead atoms. The molecular weight excluding hydrogens is 232 g/mol. The quantitative estimate of drug-likeness (QED) is 0.722. The van der Waals surface area contributed by atoms with Crippen molar-refractivity contribution in [2.75, 3.05) is 26.2 Å². The Morgan fingerprint density at radius 1 is 1.05 bits per heavy atom. The molecule has 1 aliphatic rings. The van der Waals surface area contributed by atoms with Gasteiger partial charge in [-0.25, -0.2) is 0 Å². The van der Waals surface area contributed by atoms with E-state index in [9.17, 15) is 0 Å². The second-order valence-corrected chi connectivity index (χ2v) is 5.61. The van der Waals surface area contributed by atoms with Crippen LogP contribution in [0.3, 0.4) is 0 Å². The standard InChI is InChI=1S/C17H28N2/c1-2-3-4-7-11-18-12-14-19-13-10-16-8-5-6-9-17(16)15-19/h5-6,8-9,18H,2-4,7,10-15H2,1H3. The van der Waals surface area contributed by atoms with E-state index < -0.39 is 0 Å². The van der Waals surface area contributed by atoms with Crippen LogP contribution in [-0.4, -0.2) is 31.1 Å². The van der Waals surface area contributed by atoms with E-state index in [0.717, 1.165) is 13.1 Å². The molecule has 1 N–H and O–H groups in total. The highest BCUT2D eigenvalue weighted by molar-refractivity contribution is 5.28. The minimum Gasteiger partial charge on any atom is -0.315 e. The Bertz CT molecular complexity index is 362. The van der Waals surface area contributed by atoms with Crippen molar-refractivity contribution in [1.29, 1.82) is 0 Å². The first-order valence-electron chi connectivity index (χ1n) is 7.90. The fourth-order valence-electron chi connectivity index (χ4n) is 2.78. The smallest absolute Gasteiger partial charge is 0.0237 e. The van der Waals surface area contributed by atoms with Crippen LogP contribution < -0.4 is 5.32 Å². The van der Waals surface area contributed by atoms with Crippen molar-refractivity contribution in [1.82, 2.24) is 10.2 Å². The molecule has 0 saturated carbocycles. The summed E-state index contributed by atoms with van der Waals surface area (Å²) in [6.07, 6.45) is 6.63. The maximum atomic E-state index is 3.57. The zero-order valence-electron chi connectivity index (χ0n) is 12.3. The zero-order valence-corrected chi connectivity index (χ0v) is 12.3. The van der Waals surface area contributed by atoms with Crippen LogP contribution in [0.1, 0.15) is 43.7 Å². The monoisotopic (exact) mass is 260 g/mol. The van der Waals surface area contributed by atoms with E-state index >= 15 is 0 Å². The Morgan fingerprint density at radius 2 is 1.89 bits per heavy atom. The summed E-state index contributed by atoms with van der Waals surface area (Å²) < 4.78 is 0. The van der Waals surface area contributed by atoms with Gasteiger partial charge in [0.15, 0.2) is 0 Å². The van der Waals surface area contributed by atoms with E-state index in [4.69, 9.17) is 0 Å². The van der Waals surface area contributed by atoms with Gasteiger partial charge in [-0.2, -0.15) is 0 Å². The van der Waals surface area contributed by atoms with Crippen LogP contribution in [0.25, 0.3) is 0 Å². The summed E-state index contributed by atoms with van der Waals surface area (Å²) in [5, 5.41) is 3.57. The van der Waals surface area contributed by atoms with Gasteiger partial charge < -0.3 is 5.32 Å². The van der Waals surface area contributed by atoms with E-state index in [1.807, 2.05) is 0 Å². The molecule has 19 heavy (non-hydrogen) atoms. The Hall–Kier alpha value is -0.860. The number of nitrogens with one attached hydrogen (secondary N) is 1. The predicted octanol–water partition coefficient (Wildman–Crippen LogP) is 3.21. The fourth-order valence-corrected chi connectivity index (χ4v) is 2.78. The van der Waals surface area contributed by atoms with Gasteiger partial charge in [0, 0.05) is 26.2 Å². The molecule has 0 unspecified atom stereocenters. The van der Waals surface area contributed by atoms with Gasteiger partial charge in [0.25, 0.3) is 0 Å². The number of hydrogen-bond donors (Lipinski definition) is 1. The summed E-state index contributed by atoms with van der Waals surface area (Å²) >= 11 is 0. The van der Waals surface area contributed by atoms with Crippen molar-refractivity contribution in [2.45, 2.75) is 45.6 Å². The van der Waals surface area contributed by atoms with Gasteiger partial charge in [-0.1, -0.05) is 50.5 Å². The van der Waals surface area contributed by atoms with Crippen LogP contribution in [0.4, 0.5) is 0 Å². The van der Waals surface area contributed by atoms with Crippen molar-refractivity contribution in [3.05, 3.63) is 35.4 Å². The van der Waals surface area contributed by atoms with Crippen molar-refractivity contribution in [3.8, 4) is 0 Å². The van der Waals surface area contributed by atoms with Crippen molar-refractivity contribution in [3.63, 3.8) is 0 Å². The second kappa shape index (κ2) is 8.34. The van der Waals surface area contributed by atoms with Crippen LogP contribution in [0, 0.1) is 0 Å². The Balaban J connectivity index is 1.58. The molecule has 1 aromatic rings. The lowest BCUT2D eigenvalue weighted by molar-refractivity contribution is 0.254. The Kier molecular flexibility index (Phi) is 6.38. The molecule has 2 nitrogen and oxygen atoms in total. The van der Waals surface area contributed by atoms with Crippen molar-refractivity contribution in [2.24, 2.45) is 0 Å². The molecule has 0 spiro atoms. The number of fused-ring (bicyclic) bond motifs is 1. The molecule has 0 aliphatic carbocycles. The highest BCUT2D eigenvalue weighted by atomic mass is 15.1. The third-order valence-electron chi connectivity index (χ3n) is 4.02. The molecule has 106 valence electrons. The second-order valence-electron chi connectivity index (χ2n) is 5.61. The lowest BCUT2D eigenvalue weighted by Crippen LogP contribution is -2.36. The maximum Gasteiger partial charge on any atom is 0.0237 e. The van der Waals surface area contributed by atoms with E-state index in [1.165, 1.54) is 57.3 Å². The molecule has 2 rings (SSSR count). The van der Waals surface area contributed by atoms with E-state index in [2.05, 4.69) is 41.4 Å². The lowest BCUT2D eigenvalue weighted by atomic mass is 10.00. The maximum absolute atomic E-state index is 3.57. The average Bonchev–Trinajstić information content (AvgIpc) is 2.46. The summed E-state index contributed by atoms with van der Waals surface area (Å²) in [6, 6.07) is 8.87. The van der Waals surface area contributed by atoms with E-state index in [-0.39, 0.29) is 0 Å². The van der Waals surface area contributed by atoms with Gasteiger partial charge in [-0.3, -0.25) is 4.90 Å². The van der Waals surface area contributed by atoms with Gasteiger partial charge in [0.1, 0.15) is 0 Å². The van der Waals surface area contributed by atoms with Crippen LogP contribution in [-0.2, 0) is 13.0 Å². The van der Waals surface area contributed by atoms with Crippen LogP contribution in [0.15, 0.2) is 24.3 Å². The molecule has 0 saturated heterocycles. The minimum absolute atomic E-state index is 1.13. The average molecular weight is 260 g/mol. The van der Waals surface area contributed by atoms with E-state index in [0.29, 0.717) is 0 Å². The molecule has 0 amide bonds. The highest BCUT2D eigenvalue weighted by Crippen LogP contribution is 2.17. The lowest BCUT2D eigenvalue weighted by Gasteiger charge is -2.28. The number of unbranched alkanes of at least 4 members (excludes halogenated alkanes) is 3. The van der Waals surface area contributed by atoms with Gasteiger partial charge >= 0.3 is 0 Å². The summed E-state index contributed by atoms with van der Waals surface area (Å²) in [4.78, 5) is 2.57. The topological polar surface area (TPSA) is 15.3 Å². The summed E-state index contributed by atoms with van der Waals surface area (Å²) in [5.74, 6) is 0. The number of rotatable bonds is 8. The first kappa shape index (κ1) is 14.5. The summed E-state index contributed by atoms with van der Waals surface area (Å²) in [5.41, 5.74) is 3.07. The number of hydrogen-bond acceptors (Lipinski definition) is 2. The largest absolute Gasteiger partial charge is 0.315 e. The molecule has 0 fully saturated rings. The summed E-state index contributed by atoms with van der Waals surface area (Å²) in [6.45, 7) is 8.12. The molecule has 2 heteroatoms. The molecule has 0 aromatic heterocycles. The van der Waals surface area contributed by atoms with Crippen molar-refractivity contribution >= 4 is 0 Å². The third-order valence-corrected chi connectivity index (χ3v) is 4.02. The Labute approximate surface area is 118 Å². The predicted molar refractivity (Wildman–Crippen MR) is 82.4 cm³/mol. The minimum atomic E-state index is 1.13. The zero-order chi connectivity index (χ0) is 13.3. The van der Waals surface area contributed by atoms with E-state index in [1.54, 1.807) is 5.56 Å². The first-order valence-corrected chi connectivity index (χ1v) is 7.90. The van der Waals surface area contributed by atoms with Gasteiger partial charge in [0.05, 0.1) is 0 Å². The van der Waals surface area contributed by atoms with Gasteiger partial charge in [0.2, 0.25) is 0 Å². The van der Waals surface area contributed by atoms with Gasteiger partial charge in [-0.05, 0) is 30.5 Å². The molecule has 1 heterocycles. The SMILES string of the molecule is CCCCCCNCCN1CCc2ccccc2C1. The molecule has 1 aromatic carbocycles. The molecular formula is C17H28N2. The number of benzene rings is 1. The van der Waals surface area contributed by atoms with Gasteiger partial charge in [-0.15, -0.1) is 0 Å². The third kappa shape index (κ3) is 4.96. The van der Waals surface area contributed by atoms with Crippen LogP contribution in [0.2, 0.25) is 0 Å². The number of nitrogens with zero attached hydrogens (tertiary/aromatic N) is 1. The normalized spacial score (nSPS) is 15.4. The van der Waals surface area contributed by atoms with Crippen molar-refractivity contribution < 1.29 is 0 Å². The molecule has 0 atom stereocenters. The first-order chi connectivity index (χ1) is 9.40. The summed E-state index contributed by atoms with van der Waals surface area (Å²) in [7, 11) is 0. The highest BCUT2D eigenvalue weighted by Gasteiger charge is 2.14. The van der Waals surface area contributed by atoms with Crippen LogP contribution in [0.5, 0.6) is 0 Å².